The first-order chi connectivity index (χ1) is 9.40. The summed E-state index contributed by atoms with van der Waals surface area (Å²) in [6.07, 6.45) is 1.30. The van der Waals surface area contributed by atoms with Crippen LogP contribution in [0.4, 0.5) is 0 Å². The summed E-state index contributed by atoms with van der Waals surface area (Å²) in [5, 5.41) is 13.6. The molecule has 0 saturated heterocycles. The van der Waals surface area contributed by atoms with Crippen LogP contribution in [0, 0.1) is 5.41 Å². The number of ether oxygens (including phenoxy) is 2. The molecule has 0 radical (unpaired) electrons. The van der Waals surface area contributed by atoms with E-state index >= 15 is 0 Å². The van der Waals surface area contributed by atoms with E-state index in [1.54, 1.807) is 26.4 Å². The Morgan fingerprint density at radius 2 is 2.05 bits per heavy atom. The molecular formula is C16H25NO3. The minimum absolute atomic E-state index is 0.0622. The van der Waals surface area contributed by atoms with Gasteiger partial charge < -0.3 is 19.9 Å². The van der Waals surface area contributed by atoms with E-state index in [2.05, 4.69) is 26.1 Å². The van der Waals surface area contributed by atoms with Crippen molar-refractivity contribution in [2.45, 2.75) is 45.4 Å². The quantitative estimate of drug-likeness (QED) is 0.870. The van der Waals surface area contributed by atoms with Crippen LogP contribution in [0.1, 0.15) is 38.8 Å². The number of benzene rings is 1. The third-order valence-corrected chi connectivity index (χ3v) is 4.61. The molecule has 0 aromatic heterocycles. The predicted octanol–water partition coefficient (Wildman–Crippen LogP) is 2.86. The Morgan fingerprint density at radius 1 is 1.35 bits per heavy atom. The third kappa shape index (κ3) is 2.63. The maximum atomic E-state index is 10.0. The van der Waals surface area contributed by atoms with Gasteiger partial charge in [-0.05, 0) is 31.5 Å². The first-order valence-electron chi connectivity index (χ1n) is 7.06. The van der Waals surface area contributed by atoms with Crippen LogP contribution in [0.2, 0.25) is 0 Å². The fourth-order valence-electron chi connectivity index (χ4n) is 2.97. The number of hydrogen-bond donors (Lipinski definition) is 2. The number of phenolic OH excluding ortho intramolecular Hbond substituents is 1. The minimum atomic E-state index is 0.0622. The standard InChI is InChI=1S/C16H25NO3/c1-10(12-8-11(19-4)6-7-13(12)18)17-14-9-15(20-5)16(14,2)3/h6-8,10,14-15,17-18H,9H2,1-5H3. The topological polar surface area (TPSA) is 50.7 Å². The highest BCUT2D eigenvalue weighted by Gasteiger charge is 2.48. The molecule has 0 spiro atoms. The van der Waals surface area contributed by atoms with Gasteiger partial charge in [-0.3, -0.25) is 0 Å². The van der Waals surface area contributed by atoms with Crippen LogP contribution in [-0.2, 0) is 4.74 Å². The summed E-state index contributed by atoms with van der Waals surface area (Å²) in [5.41, 5.74) is 0.971. The van der Waals surface area contributed by atoms with E-state index in [-0.39, 0.29) is 11.5 Å². The number of methoxy groups -OCH3 is 2. The Kier molecular flexibility index (Phi) is 4.25. The van der Waals surface area contributed by atoms with Crippen molar-refractivity contribution in [3.63, 3.8) is 0 Å². The molecular weight excluding hydrogens is 254 g/mol. The van der Waals surface area contributed by atoms with Gasteiger partial charge in [-0.1, -0.05) is 13.8 Å². The van der Waals surface area contributed by atoms with Crippen molar-refractivity contribution in [3.8, 4) is 11.5 Å². The second-order valence-corrected chi connectivity index (χ2v) is 6.15. The van der Waals surface area contributed by atoms with E-state index in [0.717, 1.165) is 17.7 Å². The number of aromatic hydroxyl groups is 1. The molecule has 1 aliphatic carbocycles. The van der Waals surface area contributed by atoms with Crippen molar-refractivity contribution >= 4 is 0 Å². The molecule has 4 nitrogen and oxygen atoms in total. The van der Waals surface area contributed by atoms with Gasteiger partial charge in [-0.25, -0.2) is 0 Å². The fourth-order valence-corrected chi connectivity index (χ4v) is 2.97. The Balaban J connectivity index is 2.08. The lowest BCUT2D eigenvalue weighted by molar-refractivity contribution is -0.0999. The van der Waals surface area contributed by atoms with Crippen LogP contribution in [0.5, 0.6) is 11.5 Å². The summed E-state index contributed by atoms with van der Waals surface area (Å²) in [6.45, 7) is 6.48. The molecule has 112 valence electrons. The summed E-state index contributed by atoms with van der Waals surface area (Å²) in [4.78, 5) is 0. The highest BCUT2D eigenvalue weighted by atomic mass is 16.5. The zero-order valence-corrected chi connectivity index (χ0v) is 12.9. The first-order valence-corrected chi connectivity index (χ1v) is 7.06. The van der Waals surface area contributed by atoms with Gasteiger partial charge in [0.05, 0.1) is 13.2 Å². The molecule has 1 aliphatic rings. The van der Waals surface area contributed by atoms with Crippen molar-refractivity contribution in [1.29, 1.82) is 0 Å². The van der Waals surface area contributed by atoms with Gasteiger partial charge in [0, 0.05) is 30.2 Å². The average molecular weight is 279 g/mol. The zero-order chi connectivity index (χ0) is 14.9. The van der Waals surface area contributed by atoms with E-state index < -0.39 is 0 Å². The molecule has 2 N–H and O–H groups in total. The van der Waals surface area contributed by atoms with E-state index in [1.165, 1.54) is 0 Å². The Labute approximate surface area is 121 Å². The largest absolute Gasteiger partial charge is 0.508 e. The van der Waals surface area contributed by atoms with Crippen molar-refractivity contribution < 1.29 is 14.6 Å². The molecule has 0 heterocycles. The van der Waals surface area contributed by atoms with Crippen LogP contribution >= 0.6 is 0 Å². The average Bonchev–Trinajstić information content (AvgIpc) is 2.43. The van der Waals surface area contributed by atoms with Gasteiger partial charge in [0.25, 0.3) is 0 Å². The van der Waals surface area contributed by atoms with Gasteiger partial charge in [0.2, 0.25) is 0 Å². The molecule has 1 fully saturated rings. The van der Waals surface area contributed by atoms with Gasteiger partial charge >= 0.3 is 0 Å². The highest BCUT2D eigenvalue weighted by molar-refractivity contribution is 5.41. The van der Waals surface area contributed by atoms with E-state index in [0.29, 0.717) is 17.9 Å². The molecule has 0 aliphatic heterocycles. The van der Waals surface area contributed by atoms with E-state index in [1.807, 2.05) is 6.07 Å². The molecule has 3 atom stereocenters. The Morgan fingerprint density at radius 3 is 2.60 bits per heavy atom. The van der Waals surface area contributed by atoms with E-state index in [4.69, 9.17) is 9.47 Å². The van der Waals surface area contributed by atoms with Gasteiger partial charge in [-0.2, -0.15) is 0 Å². The molecule has 1 saturated carbocycles. The summed E-state index contributed by atoms with van der Waals surface area (Å²) in [6, 6.07) is 5.77. The minimum Gasteiger partial charge on any atom is -0.508 e. The number of rotatable bonds is 5. The van der Waals surface area contributed by atoms with Crippen LogP contribution in [-0.4, -0.2) is 31.5 Å². The second-order valence-electron chi connectivity index (χ2n) is 6.15. The molecule has 4 heteroatoms. The van der Waals surface area contributed by atoms with E-state index in [9.17, 15) is 5.11 Å². The molecule has 20 heavy (non-hydrogen) atoms. The molecule has 1 aromatic rings. The lowest BCUT2D eigenvalue weighted by Crippen LogP contribution is -2.60. The van der Waals surface area contributed by atoms with Gasteiger partial charge in [0.15, 0.2) is 0 Å². The number of nitrogens with one attached hydrogen (secondary N) is 1. The SMILES string of the molecule is COc1ccc(O)c(C(C)NC2CC(OC)C2(C)C)c1. The molecule has 0 bridgehead atoms. The number of phenols is 1. The van der Waals surface area contributed by atoms with Crippen molar-refractivity contribution in [1.82, 2.24) is 5.32 Å². The third-order valence-electron chi connectivity index (χ3n) is 4.61. The lowest BCUT2D eigenvalue weighted by Gasteiger charge is -2.52. The molecule has 1 aromatic carbocycles. The fraction of sp³-hybridized carbons (Fsp3) is 0.625. The maximum absolute atomic E-state index is 10.0. The maximum Gasteiger partial charge on any atom is 0.120 e. The monoisotopic (exact) mass is 279 g/mol. The lowest BCUT2D eigenvalue weighted by atomic mass is 9.64. The van der Waals surface area contributed by atoms with Gasteiger partial charge in [0.1, 0.15) is 11.5 Å². The zero-order valence-electron chi connectivity index (χ0n) is 12.9. The Hall–Kier alpha value is -1.26. The van der Waals surface area contributed by atoms with Crippen LogP contribution in [0.3, 0.4) is 0 Å². The second kappa shape index (κ2) is 5.62. The Bertz CT molecular complexity index is 473. The van der Waals surface area contributed by atoms with Crippen LogP contribution in [0.15, 0.2) is 18.2 Å². The van der Waals surface area contributed by atoms with Crippen molar-refractivity contribution in [3.05, 3.63) is 23.8 Å². The van der Waals surface area contributed by atoms with Crippen molar-refractivity contribution in [2.24, 2.45) is 5.41 Å². The molecule has 2 rings (SSSR count). The summed E-state index contributed by atoms with van der Waals surface area (Å²) < 4.78 is 10.7. The number of hydrogen-bond acceptors (Lipinski definition) is 4. The summed E-state index contributed by atoms with van der Waals surface area (Å²) >= 11 is 0. The smallest absolute Gasteiger partial charge is 0.120 e. The van der Waals surface area contributed by atoms with Crippen molar-refractivity contribution in [2.75, 3.05) is 14.2 Å². The van der Waals surface area contributed by atoms with Crippen LogP contribution in [0.25, 0.3) is 0 Å². The summed E-state index contributed by atoms with van der Waals surface area (Å²) in [7, 11) is 3.40. The normalized spacial score (nSPS) is 25.9. The molecule has 0 amide bonds. The predicted molar refractivity (Wildman–Crippen MR) is 79.2 cm³/mol. The first kappa shape index (κ1) is 15.1. The van der Waals surface area contributed by atoms with Crippen LogP contribution < -0.4 is 10.1 Å². The molecule has 3 unspecified atom stereocenters. The summed E-state index contributed by atoms with van der Waals surface area (Å²) in [5.74, 6) is 1.06. The highest BCUT2D eigenvalue weighted by Crippen LogP contribution is 2.43. The van der Waals surface area contributed by atoms with Gasteiger partial charge in [-0.15, -0.1) is 0 Å².